The molecule has 4 rings (SSSR count). The second-order valence-corrected chi connectivity index (χ2v) is 9.15. The number of ketones is 1. The molecule has 6 nitrogen and oxygen atoms in total. The Labute approximate surface area is 229 Å². The lowest BCUT2D eigenvalue weighted by molar-refractivity contribution is -0.138. The van der Waals surface area contributed by atoms with Crippen LogP contribution in [0, 0.1) is 0 Å². The third kappa shape index (κ3) is 5.83. The highest BCUT2D eigenvalue weighted by molar-refractivity contribution is 6.19. The summed E-state index contributed by atoms with van der Waals surface area (Å²) >= 11 is 0. The minimum atomic E-state index is -4.49. The Morgan fingerprint density at radius 2 is 1.43 bits per heavy atom. The Kier molecular flexibility index (Phi) is 8.23. The van der Waals surface area contributed by atoms with Gasteiger partial charge in [-0.05, 0) is 48.2 Å². The van der Waals surface area contributed by atoms with E-state index >= 15 is 0 Å². The molecule has 40 heavy (non-hydrogen) atoms. The number of carboxylic acid groups (broad SMARTS) is 1. The number of H-pyrrole nitrogens is 1. The van der Waals surface area contributed by atoms with Crippen LogP contribution in [0.4, 0.5) is 13.2 Å². The quantitative estimate of drug-likeness (QED) is 0.228. The molecule has 2 N–H and O–H groups in total. The molecule has 0 unspecified atom stereocenters. The zero-order chi connectivity index (χ0) is 29.0. The van der Waals surface area contributed by atoms with E-state index in [4.69, 9.17) is 5.11 Å². The molecule has 1 aromatic heterocycles. The van der Waals surface area contributed by atoms with Gasteiger partial charge in [0.25, 0.3) is 5.91 Å². The number of amides is 1. The molecular formula is C31H27F3N2O4. The molecule has 0 saturated carbocycles. The van der Waals surface area contributed by atoms with Crippen molar-refractivity contribution >= 4 is 17.7 Å². The third-order valence-corrected chi connectivity index (χ3v) is 6.68. The lowest BCUT2D eigenvalue weighted by Gasteiger charge is -2.20. The summed E-state index contributed by atoms with van der Waals surface area (Å²) in [5, 5.41) is 9.07. The van der Waals surface area contributed by atoms with E-state index in [1.54, 1.807) is 53.4 Å². The largest absolute Gasteiger partial charge is 0.481 e. The van der Waals surface area contributed by atoms with Crippen LogP contribution < -0.4 is 0 Å². The van der Waals surface area contributed by atoms with Gasteiger partial charge in [0, 0.05) is 24.8 Å². The molecule has 0 aliphatic carbocycles. The Hall–Kier alpha value is -4.66. The van der Waals surface area contributed by atoms with Crippen molar-refractivity contribution < 1.29 is 32.7 Å². The van der Waals surface area contributed by atoms with Gasteiger partial charge >= 0.3 is 12.1 Å². The summed E-state index contributed by atoms with van der Waals surface area (Å²) in [4.78, 5) is 43.4. The highest BCUT2D eigenvalue weighted by Gasteiger charge is 2.31. The fourth-order valence-electron chi connectivity index (χ4n) is 4.60. The highest BCUT2D eigenvalue weighted by atomic mass is 19.4. The van der Waals surface area contributed by atoms with Crippen LogP contribution in [0.3, 0.4) is 0 Å². The molecule has 4 aromatic rings. The first-order chi connectivity index (χ1) is 19.0. The van der Waals surface area contributed by atoms with Crippen molar-refractivity contribution in [3.63, 3.8) is 0 Å². The molecule has 1 amide bonds. The van der Waals surface area contributed by atoms with Crippen molar-refractivity contribution in [1.82, 2.24) is 9.88 Å². The molecule has 0 radical (unpaired) electrons. The van der Waals surface area contributed by atoms with Gasteiger partial charge in [-0.3, -0.25) is 14.4 Å². The standard InChI is InChI=1S/C31H27F3N2O4/c1-3-36(4-2)30(40)27-25(18-35-28(27)21-11-9-19(10-12-21)17-26(37)38)29(39)24-8-6-5-7-23(24)20-13-15-22(16-14-20)31(32,33)34/h5-16,18,35H,3-4,17H2,1-2H3,(H,37,38). The fraction of sp³-hybridized carbons (Fsp3) is 0.194. The number of hydrogen-bond acceptors (Lipinski definition) is 3. The monoisotopic (exact) mass is 548 g/mol. The van der Waals surface area contributed by atoms with Crippen LogP contribution >= 0.6 is 0 Å². The Morgan fingerprint density at radius 3 is 2.00 bits per heavy atom. The maximum atomic E-state index is 14.0. The van der Waals surface area contributed by atoms with Crippen LogP contribution in [-0.4, -0.2) is 45.7 Å². The number of aliphatic carboxylic acids is 1. The van der Waals surface area contributed by atoms with E-state index in [0.29, 0.717) is 41.0 Å². The second-order valence-electron chi connectivity index (χ2n) is 9.15. The van der Waals surface area contributed by atoms with Gasteiger partial charge in [-0.1, -0.05) is 60.7 Å². The second kappa shape index (κ2) is 11.6. The molecule has 0 saturated heterocycles. The smallest absolute Gasteiger partial charge is 0.416 e. The molecule has 9 heteroatoms. The van der Waals surface area contributed by atoms with Crippen LogP contribution in [0.15, 0.2) is 79.0 Å². The molecule has 0 atom stereocenters. The molecule has 206 valence electrons. The molecule has 3 aromatic carbocycles. The molecular weight excluding hydrogens is 521 g/mol. The normalized spacial score (nSPS) is 11.3. The average molecular weight is 549 g/mol. The van der Waals surface area contributed by atoms with Crippen LogP contribution in [0.5, 0.6) is 0 Å². The fourth-order valence-corrected chi connectivity index (χ4v) is 4.60. The number of rotatable bonds is 9. The van der Waals surface area contributed by atoms with Gasteiger partial charge in [0.05, 0.1) is 28.8 Å². The number of benzene rings is 3. The van der Waals surface area contributed by atoms with Crippen molar-refractivity contribution in [1.29, 1.82) is 0 Å². The van der Waals surface area contributed by atoms with E-state index < -0.39 is 23.5 Å². The number of carboxylic acids is 1. The number of aromatic amines is 1. The average Bonchev–Trinajstić information content (AvgIpc) is 3.38. The Balaban J connectivity index is 1.81. The molecule has 0 fully saturated rings. The predicted octanol–water partition coefficient (Wildman–Crippen LogP) is 6.71. The summed E-state index contributed by atoms with van der Waals surface area (Å²) in [6.45, 7) is 4.48. The topological polar surface area (TPSA) is 90.5 Å². The van der Waals surface area contributed by atoms with Crippen molar-refractivity contribution in [2.45, 2.75) is 26.4 Å². The van der Waals surface area contributed by atoms with Gasteiger partial charge in [0.1, 0.15) is 0 Å². The van der Waals surface area contributed by atoms with E-state index in [1.165, 1.54) is 18.3 Å². The summed E-state index contributed by atoms with van der Waals surface area (Å²) in [7, 11) is 0. The number of carbonyl (C=O) groups is 3. The van der Waals surface area contributed by atoms with Crippen molar-refractivity contribution in [3.05, 3.63) is 107 Å². The van der Waals surface area contributed by atoms with Gasteiger partial charge in [-0.15, -0.1) is 0 Å². The third-order valence-electron chi connectivity index (χ3n) is 6.68. The molecule has 1 heterocycles. The number of alkyl halides is 3. The first-order valence-corrected chi connectivity index (χ1v) is 12.7. The van der Waals surface area contributed by atoms with Crippen LogP contribution in [-0.2, 0) is 17.4 Å². The predicted molar refractivity (Wildman–Crippen MR) is 145 cm³/mol. The van der Waals surface area contributed by atoms with E-state index in [-0.39, 0.29) is 29.0 Å². The maximum absolute atomic E-state index is 14.0. The first kappa shape index (κ1) is 28.4. The summed E-state index contributed by atoms with van der Waals surface area (Å²) in [5.74, 6) is -1.79. The van der Waals surface area contributed by atoms with Gasteiger partial charge in [0.2, 0.25) is 0 Å². The molecule has 0 aliphatic rings. The molecule has 0 aliphatic heterocycles. The SMILES string of the molecule is CCN(CC)C(=O)c1c(C(=O)c2ccccc2-c2ccc(C(F)(F)F)cc2)c[nH]c1-c1ccc(CC(=O)O)cc1. The van der Waals surface area contributed by atoms with Gasteiger partial charge in [-0.25, -0.2) is 0 Å². The Bertz CT molecular complexity index is 1530. The molecule has 0 spiro atoms. The van der Waals surface area contributed by atoms with Crippen LogP contribution in [0.1, 0.15) is 51.3 Å². The van der Waals surface area contributed by atoms with E-state index in [9.17, 15) is 27.6 Å². The van der Waals surface area contributed by atoms with E-state index in [0.717, 1.165) is 12.1 Å². The van der Waals surface area contributed by atoms with Crippen molar-refractivity contribution in [2.75, 3.05) is 13.1 Å². The van der Waals surface area contributed by atoms with E-state index in [1.807, 2.05) is 13.8 Å². The summed E-state index contributed by atoms with van der Waals surface area (Å²) in [5.41, 5.74) is 2.19. The number of halogens is 3. The van der Waals surface area contributed by atoms with Crippen molar-refractivity contribution in [3.8, 4) is 22.4 Å². The number of nitrogens with zero attached hydrogens (tertiary/aromatic N) is 1. The van der Waals surface area contributed by atoms with E-state index in [2.05, 4.69) is 4.98 Å². The number of carbonyl (C=O) groups excluding carboxylic acids is 2. The van der Waals surface area contributed by atoms with Crippen molar-refractivity contribution in [2.24, 2.45) is 0 Å². The zero-order valence-corrected chi connectivity index (χ0v) is 21.9. The van der Waals surface area contributed by atoms with Gasteiger partial charge < -0.3 is 15.0 Å². The maximum Gasteiger partial charge on any atom is 0.416 e. The summed E-state index contributed by atoms with van der Waals surface area (Å²) in [6, 6.07) is 17.8. The lowest BCUT2D eigenvalue weighted by atomic mass is 9.91. The number of aromatic nitrogens is 1. The minimum absolute atomic E-state index is 0.126. The van der Waals surface area contributed by atoms with Gasteiger partial charge in [-0.2, -0.15) is 13.2 Å². The highest BCUT2D eigenvalue weighted by Crippen LogP contribution is 2.34. The molecule has 0 bridgehead atoms. The van der Waals surface area contributed by atoms with Crippen LogP contribution in [0.2, 0.25) is 0 Å². The lowest BCUT2D eigenvalue weighted by Crippen LogP contribution is -2.31. The number of hydrogen-bond donors (Lipinski definition) is 2. The van der Waals surface area contributed by atoms with Gasteiger partial charge in [0.15, 0.2) is 5.78 Å². The number of nitrogens with one attached hydrogen (secondary N) is 1. The Morgan fingerprint density at radius 1 is 0.825 bits per heavy atom. The summed E-state index contributed by atoms with van der Waals surface area (Å²) < 4.78 is 39.3. The minimum Gasteiger partial charge on any atom is -0.481 e. The van der Waals surface area contributed by atoms with Crippen LogP contribution in [0.25, 0.3) is 22.4 Å². The zero-order valence-electron chi connectivity index (χ0n) is 21.9. The summed E-state index contributed by atoms with van der Waals surface area (Å²) in [6.07, 6.45) is -3.18. The first-order valence-electron chi connectivity index (χ1n) is 12.7.